The van der Waals surface area contributed by atoms with Gasteiger partial charge in [0.25, 0.3) is 0 Å². The van der Waals surface area contributed by atoms with Crippen molar-refractivity contribution in [3.8, 4) is 0 Å². The fourth-order valence-electron chi connectivity index (χ4n) is 3.10. The molecule has 1 aliphatic carbocycles. The lowest BCUT2D eigenvalue weighted by molar-refractivity contribution is -0.277. The van der Waals surface area contributed by atoms with Crippen LogP contribution in [0.15, 0.2) is 18.2 Å². The first-order chi connectivity index (χ1) is 8.49. The molecule has 3 nitrogen and oxygen atoms in total. The second-order valence-corrected chi connectivity index (χ2v) is 5.53. The van der Waals surface area contributed by atoms with Gasteiger partial charge in [-0.3, -0.25) is 0 Å². The Hall–Kier alpha value is -0.900. The van der Waals surface area contributed by atoms with Crippen LogP contribution in [-0.4, -0.2) is 26.6 Å². The van der Waals surface area contributed by atoms with Crippen LogP contribution in [0.4, 0.5) is 0 Å². The van der Waals surface area contributed by atoms with Gasteiger partial charge in [0.2, 0.25) is 0 Å². The first-order valence-electron chi connectivity index (χ1n) is 6.38. The van der Waals surface area contributed by atoms with Gasteiger partial charge in [0.05, 0.1) is 0 Å². The third-order valence-electron chi connectivity index (χ3n) is 4.18. The molecule has 2 N–H and O–H groups in total. The van der Waals surface area contributed by atoms with E-state index in [-0.39, 0.29) is 5.41 Å². The molecule has 100 valence electrons. The number of hydrogen-bond donors (Lipinski definition) is 1. The smallest absolute Gasteiger partial charge is 0.169 e. The number of methoxy groups -OCH3 is 2. The highest BCUT2D eigenvalue weighted by atomic mass is 16.7. The van der Waals surface area contributed by atoms with Gasteiger partial charge in [0.15, 0.2) is 5.79 Å². The molecular formula is C15H23NO2. The molecule has 1 aliphatic rings. The largest absolute Gasteiger partial charge is 0.353 e. The predicted octanol–water partition coefficient (Wildman–Crippen LogP) is 2.28. The highest BCUT2D eigenvalue weighted by Crippen LogP contribution is 2.52. The molecule has 1 fully saturated rings. The maximum atomic E-state index is 6.02. The van der Waals surface area contributed by atoms with Gasteiger partial charge >= 0.3 is 0 Å². The molecule has 1 aromatic carbocycles. The minimum Gasteiger partial charge on any atom is -0.353 e. The Labute approximate surface area is 109 Å². The van der Waals surface area contributed by atoms with E-state index in [1.165, 1.54) is 16.7 Å². The Morgan fingerprint density at radius 3 is 1.94 bits per heavy atom. The monoisotopic (exact) mass is 249 g/mol. The van der Waals surface area contributed by atoms with Gasteiger partial charge in [-0.05, 0) is 19.4 Å². The number of hydrogen-bond acceptors (Lipinski definition) is 3. The van der Waals surface area contributed by atoms with Gasteiger partial charge in [-0.2, -0.15) is 0 Å². The van der Waals surface area contributed by atoms with Crippen molar-refractivity contribution >= 4 is 0 Å². The first kappa shape index (κ1) is 13.5. The summed E-state index contributed by atoms with van der Waals surface area (Å²) in [6.45, 7) is 4.88. The molecule has 2 rings (SSSR count). The first-order valence-corrected chi connectivity index (χ1v) is 6.38. The van der Waals surface area contributed by atoms with Gasteiger partial charge in [0, 0.05) is 39.0 Å². The predicted molar refractivity (Wildman–Crippen MR) is 72.6 cm³/mol. The van der Waals surface area contributed by atoms with Crippen molar-refractivity contribution in [2.24, 2.45) is 5.73 Å². The molecule has 0 spiro atoms. The Bertz CT molecular complexity index is 410. The lowest BCUT2D eigenvalue weighted by Crippen LogP contribution is -2.60. The third-order valence-corrected chi connectivity index (χ3v) is 4.18. The summed E-state index contributed by atoms with van der Waals surface area (Å²) in [5, 5.41) is 0. The Balaban J connectivity index is 2.31. The molecule has 0 radical (unpaired) electrons. The molecule has 0 aromatic heterocycles. The van der Waals surface area contributed by atoms with Crippen molar-refractivity contribution in [1.29, 1.82) is 0 Å². The third kappa shape index (κ3) is 2.07. The van der Waals surface area contributed by atoms with E-state index in [0.29, 0.717) is 6.54 Å². The van der Waals surface area contributed by atoms with E-state index in [0.717, 1.165) is 12.8 Å². The molecule has 18 heavy (non-hydrogen) atoms. The molecule has 1 aromatic rings. The van der Waals surface area contributed by atoms with E-state index in [1.807, 2.05) is 0 Å². The van der Waals surface area contributed by atoms with Crippen molar-refractivity contribution < 1.29 is 9.47 Å². The second kappa shape index (κ2) is 4.65. The van der Waals surface area contributed by atoms with E-state index in [1.54, 1.807) is 14.2 Å². The molecule has 0 unspecified atom stereocenters. The zero-order chi connectivity index (χ0) is 13.4. The SMILES string of the molecule is COC1(OC)CC(CN)(c2cc(C)cc(C)c2)C1. The normalized spacial score (nSPS) is 20.5. The van der Waals surface area contributed by atoms with Crippen LogP contribution in [0.3, 0.4) is 0 Å². The topological polar surface area (TPSA) is 44.5 Å². The lowest BCUT2D eigenvalue weighted by Gasteiger charge is -2.54. The van der Waals surface area contributed by atoms with Crippen molar-refractivity contribution in [2.75, 3.05) is 20.8 Å². The minimum atomic E-state index is -0.447. The number of aryl methyl sites for hydroxylation is 2. The summed E-state index contributed by atoms with van der Waals surface area (Å²) < 4.78 is 11.0. The van der Waals surface area contributed by atoms with Crippen molar-refractivity contribution in [2.45, 2.75) is 37.9 Å². The zero-order valence-corrected chi connectivity index (χ0v) is 11.7. The second-order valence-electron chi connectivity index (χ2n) is 5.53. The number of nitrogens with two attached hydrogens (primary N) is 1. The van der Waals surface area contributed by atoms with Crippen LogP contribution in [0.2, 0.25) is 0 Å². The number of benzene rings is 1. The van der Waals surface area contributed by atoms with E-state index in [9.17, 15) is 0 Å². The van der Waals surface area contributed by atoms with Crippen molar-refractivity contribution in [1.82, 2.24) is 0 Å². The molecule has 0 amide bonds. The summed E-state index contributed by atoms with van der Waals surface area (Å²) in [6.07, 6.45) is 1.65. The highest BCUT2D eigenvalue weighted by Gasteiger charge is 2.56. The summed E-state index contributed by atoms with van der Waals surface area (Å²) in [7, 11) is 3.40. The summed E-state index contributed by atoms with van der Waals surface area (Å²) in [4.78, 5) is 0. The van der Waals surface area contributed by atoms with Crippen molar-refractivity contribution in [3.63, 3.8) is 0 Å². The summed E-state index contributed by atoms with van der Waals surface area (Å²) in [5.41, 5.74) is 9.90. The van der Waals surface area contributed by atoms with E-state index in [4.69, 9.17) is 15.2 Å². The molecule has 3 heteroatoms. The van der Waals surface area contributed by atoms with Gasteiger partial charge in [-0.1, -0.05) is 29.3 Å². The van der Waals surface area contributed by atoms with Crippen LogP contribution in [0.5, 0.6) is 0 Å². The van der Waals surface area contributed by atoms with Crippen LogP contribution in [-0.2, 0) is 14.9 Å². The van der Waals surface area contributed by atoms with Crippen molar-refractivity contribution in [3.05, 3.63) is 34.9 Å². The van der Waals surface area contributed by atoms with Gasteiger partial charge in [-0.25, -0.2) is 0 Å². The van der Waals surface area contributed by atoms with Crippen LogP contribution in [0, 0.1) is 13.8 Å². The molecule has 0 atom stereocenters. The minimum absolute atomic E-state index is 0.00278. The van der Waals surface area contributed by atoms with Gasteiger partial charge in [-0.15, -0.1) is 0 Å². The van der Waals surface area contributed by atoms with Crippen LogP contribution in [0.25, 0.3) is 0 Å². The van der Waals surface area contributed by atoms with Crippen LogP contribution in [0.1, 0.15) is 29.5 Å². The number of ether oxygens (including phenoxy) is 2. The molecule has 0 saturated heterocycles. The van der Waals surface area contributed by atoms with Crippen LogP contribution < -0.4 is 5.73 Å². The molecule has 1 saturated carbocycles. The highest BCUT2D eigenvalue weighted by molar-refractivity contribution is 5.37. The summed E-state index contributed by atoms with van der Waals surface area (Å²) >= 11 is 0. The molecule has 0 heterocycles. The zero-order valence-electron chi connectivity index (χ0n) is 11.7. The maximum absolute atomic E-state index is 6.02. The van der Waals surface area contributed by atoms with Gasteiger partial charge < -0.3 is 15.2 Å². The molecule has 0 aliphatic heterocycles. The summed E-state index contributed by atoms with van der Waals surface area (Å²) in [5.74, 6) is -0.447. The Morgan fingerprint density at radius 2 is 1.56 bits per heavy atom. The number of rotatable bonds is 4. The van der Waals surface area contributed by atoms with E-state index >= 15 is 0 Å². The van der Waals surface area contributed by atoms with Gasteiger partial charge in [0.1, 0.15) is 0 Å². The average molecular weight is 249 g/mol. The lowest BCUT2D eigenvalue weighted by atomic mass is 9.60. The van der Waals surface area contributed by atoms with Crippen LogP contribution >= 0.6 is 0 Å². The maximum Gasteiger partial charge on any atom is 0.169 e. The van der Waals surface area contributed by atoms with E-state index < -0.39 is 5.79 Å². The quantitative estimate of drug-likeness (QED) is 0.833. The molecular weight excluding hydrogens is 226 g/mol. The van der Waals surface area contributed by atoms with E-state index in [2.05, 4.69) is 32.0 Å². The standard InChI is InChI=1S/C15H23NO2/c1-11-5-12(2)7-13(6-11)14(10-16)8-15(9-14,17-3)18-4/h5-7H,8-10,16H2,1-4H3. The summed E-state index contributed by atoms with van der Waals surface area (Å²) in [6, 6.07) is 6.65. The Morgan fingerprint density at radius 1 is 1.06 bits per heavy atom. The molecule has 0 bridgehead atoms. The fourth-order valence-corrected chi connectivity index (χ4v) is 3.10. The fraction of sp³-hybridized carbons (Fsp3) is 0.600. The Kier molecular flexibility index (Phi) is 3.49. The average Bonchev–Trinajstić information content (AvgIpc) is 2.29.